The predicted molar refractivity (Wildman–Crippen MR) is 131 cm³/mol. The maximum Gasteiger partial charge on any atom is 0.0249 e. The molecule has 0 nitrogen and oxygen atoms in total. The van der Waals surface area contributed by atoms with E-state index in [2.05, 4.69) is 62.1 Å². The van der Waals surface area contributed by atoms with E-state index in [-0.39, 0.29) is 0 Å². The average molecular weight is 405 g/mol. The Hall–Kier alpha value is -1.48. The van der Waals surface area contributed by atoms with Crippen molar-refractivity contribution in [1.82, 2.24) is 0 Å². The van der Waals surface area contributed by atoms with Crippen molar-refractivity contribution in [3.8, 4) is 11.8 Å². The van der Waals surface area contributed by atoms with E-state index < -0.39 is 0 Å². The topological polar surface area (TPSA) is 0 Å². The van der Waals surface area contributed by atoms with Gasteiger partial charge in [0.1, 0.15) is 0 Å². The zero-order valence-electron chi connectivity index (χ0n) is 19.7. The molecule has 0 spiro atoms. The molecule has 2 aliphatic carbocycles. The summed E-state index contributed by atoms with van der Waals surface area (Å²) in [6.07, 6.45) is 24.2. The van der Waals surface area contributed by atoms with E-state index in [4.69, 9.17) is 0 Å². The van der Waals surface area contributed by atoms with Crippen molar-refractivity contribution < 1.29 is 0 Å². The van der Waals surface area contributed by atoms with E-state index in [1.165, 1.54) is 95.5 Å². The molecule has 2 saturated carbocycles. The van der Waals surface area contributed by atoms with Gasteiger partial charge in [-0.05, 0) is 98.8 Å². The number of benzene rings is 1. The molecule has 0 N–H and O–H groups in total. The van der Waals surface area contributed by atoms with Crippen LogP contribution in [0.5, 0.6) is 0 Å². The molecule has 0 heterocycles. The Balaban J connectivity index is 1.36. The first-order valence-corrected chi connectivity index (χ1v) is 13.1. The predicted octanol–water partition coefficient (Wildman–Crippen LogP) is 8.74. The van der Waals surface area contributed by atoms with Gasteiger partial charge in [-0.2, -0.15) is 0 Å². The van der Waals surface area contributed by atoms with Gasteiger partial charge < -0.3 is 0 Å². The van der Waals surface area contributed by atoms with Crippen molar-refractivity contribution in [3.63, 3.8) is 0 Å². The molecule has 0 atom stereocenters. The van der Waals surface area contributed by atoms with Crippen LogP contribution in [0, 0.1) is 35.5 Å². The summed E-state index contributed by atoms with van der Waals surface area (Å²) < 4.78 is 0. The summed E-state index contributed by atoms with van der Waals surface area (Å²) in [6.45, 7) is 4.60. The average Bonchev–Trinajstić information content (AvgIpc) is 2.79. The van der Waals surface area contributed by atoms with Crippen LogP contribution in [0.4, 0.5) is 0 Å². The van der Waals surface area contributed by atoms with E-state index in [1.54, 1.807) is 0 Å². The van der Waals surface area contributed by atoms with Gasteiger partial charge in [-0.25, -0.2) is 0 Å². The minimum absolute atomic E-state index is 0.757. The first-order chi connectivity index (χ1) is 14.8. The lowest BCUT2D eigenvalue weighted by Crippen LogP contribution is -2.25. The van der Waals surface area contributed by atoms with Crippen LogP contribution in [0.2, 0.25) is 0 Å². The number of hydrogen-bond acceptors (Lipinski definition) is 0. The molecule has 30 heavy (non-hydrogen) atoms. The van der Waals surface area contributed by atoms with Crippen LogP contribution < -0.4 is 0 Å². The van der Waals surface area contributed by atoms with Gasteiger partial charge in [0.2, 0.25) is 0 Å². The summed E-state index contributed by atoms with van der Waals surface area (Å²) in [5, 5.41) is 0. The van der Waals surface area contributed by atoms with Gasteiger partial charge >= 0.3 is 0 Å². The first kappa shape index (κ1) is 23.2. The van der Waals surface area contributed by atoms with E-state index in [1.807, 2.05) is 0 Å². The maximum absolute atomic E-state index is 3.32. The molecule has 164 valence electrons. The maximum atomic E-state index is 3.32. The molecular formula is C30H44. The van der Waals surface area contributed by atoms with Gasteiger partial charge in [0.15, 0.2) is 0 Å². The van der Waals surface area contributed by atoms with Gasteiger partial charge in [-0.3, -0.25) is 0 Å². The standard InChI is InChI=1S/C30H44/c1-3-5-6-10-26-13-15-27(16-14-26)11-7-8-12-28-19-23-30(24-20-28)29-21-17-25(9-4-2)18-22-29/h8,12-16,25,28-30H,3-6,9-10,17-24H2,1-2H3. The van der Waals surface area contributed by atoms with Crippen molar-refractivity contribution in [3.05, 3.63) is 47.5 Å². The SMILES string of the molecule is CCCCCc1ccc(C#CC=CC2CCC(C3CCC(CCC)CC3)CC2)cc1. The van der Waals surface area contributed by atoms with Crippen LogP contribution in [0.1, 0.15) is 108 Å². The van der Waals surface area contributed by atoms with Crippen LogP contribution >= 0.6 is 0 Å². The molecule has 2 aliphatic rings. The summed E-state index contributed by atoms with van der Waals surface area (Å²) in [6, 6.07) is 8.87. The zero-order valence-corrected chi connectivity index (χ0v) is 19.7. The monoisotopic (exact) mass is 404 g/mol. The van der Waals surface area contributed by atoms with E-state index in [0.29, 0.717) is 0 Å². The molecule has 0 amide bonds. The van der Waals surface area contributed by atoms with E-state index in [9.17, 15) is 0 Å². The van der Waals surface area contributed by atoms with Gasteiger partial charge in [-0.1, -0.05) is 82.4 Å². The van der Waals surface area contributed by atoms with Crippen LogP contribution in [-0.2, 0) is 6.42 Å². The largest absolute Gasteiger partial charge is 0.0730 e. The molecule has 0 heteroatoms. The normalized spacial score (nSPS) is 27.0. The fourth-order valence-electron chi connectivity index (χ4n) is 5.81. The number of aryl methyl sites for hydroxylation is 1. The van der Waals surface area contributed by atoms with Crippen molar-refractivity contribution >= 4 is 0 Å². The molecule has 0 aliphatic heterocycles. The molecule has 2 fully saturated rings. The summed E-state index contributed by atoms with van der Waals surface area (Å²) >= 11 is 0. The Morgan fingerprint density at radius 3 is 2.10 bits per heavy atom. The second kappa shape index (κ2) is 13.0. The number of allylic oxidation sites excluding steroid dienone is 2. The highest BCUT2D eigenvalue weighted by Gasteiger charge is 2.29. The number of hydrogen-bond donors (Lipinski definition) is 0. The molecule has 0 unspecified atom stereocenters. The summed E-state index contributed by atoms with van der Waals surface area (Å²) in [5.74, 6) is 10.4. The number of unbranched alkanes of at least 4 members (excludes halogenated alkanes) is 2. The first-order valence-electron chi connectivity index (χ1n) is 13.1. The molecule has 0 saturated heterocycles. The smallest absolute Gasteiger partial charge is 0.0249 e. The van der Waals surface area contributed by atoms with Gasteiger partial charge in [-0.15, -0.1) is 0 Å². The summed E-state index contributed by atoms with van der Waals surface area (Å²) in [5.41, 5.74) is 2.58. The highest BCUT2D eigenvalue weighted by atomic mass is 14.3. The minimum Gasteiger partial charge on any atom is -0.0730 e. The minimum atomic E-state index is 0.757. The summed E-state index contributed by atoms with van der Waals surface area (Å²) in [4.78, 5) is 0. The fourth-order valence-corrected chi connectivity index (χ4v) is 5.81. The quantitative estimate of drug-likeness (QED) is 0.300. The van der Waals surface area contributed by atoms with Gasteiger partial charge in [0.25, 0.3) is 0 Å². The second-order valence-electron chi connectivity index (χ2n) is 10.0. The van der Waals surface area contributed by atoms with Crippen molar-refractivity contribution in [2.75, 3.05) is 0 Å². The van der Waals surface area contributed by atoms with E-state index in [0.717, 1.165) is 29.2 Å². The summed E-state index contributed by atoms with van der Waals surface area (Å²) in [7, 11) is 0. The molecule has 0 bridgehead atoms. The van der Waals surface area contributed by atoms with Crippen LogP contribution in [-0.4, -0.2) is 0 Å². The molecule has 3 rings (SSSR count). The third-order valence-corrected chi connectivity index (χ3v) is 7.76. The molecule has 1 aromatic carbocycles. The Morgan fingerprint density at radius 2 is 1.47 bits per heavy atom. The Kier molecular flexibility index (Phi) is 10.1. The Labute approximate surface area is 186 Å². The fraction of sp³-hybridized carbons (Fsp3) is 0.667. The van der Waals surface area contributed by atoms with Crippen molar-refractivity contribution in [2.24, 2.45) is 23.7 Å². The van der Waals surface area contributed by atoms with Crippen LogP contribution in [0.25, 0.3) is 0 Å². The Bertz CT molecular complexity index is 667. The lowest BCUT2D eigenvalue weighted by Gasteiger charge is -2.37. The highest BCUT2D eigenvalue weighted by Crippen LogP contribution is 2.42. The van der Waals surface area contributed by atoms with Crippen LogP contribution in [0.15, 0.2) is 36.4 Å². The van der Waals surface area contributed by atoms with Gasteiger partial charge in [0, 0.05) is 5.56 Å². The Morgan fingerprint density at radius 1 is 0.800 bits per heavy atom. The highest BCUT2D eigenvalue weighted by molar-refractivity contribution is 5.38. The second-order valence-corrected chi connectivity index (χ2v) is 10.0. The third kappa shape index (κ3) is 7.65. The zero-order chi connectivity index (χ0) is 21.0. The van der Waals surface area contributed by atoms with Crippen molar-refractivity contribution in [1.29, 1.82) is 0 Å². The molecule has 0 aromatic heterocycles. The van der Waals surface area contributed by atoms with Gasteiger partial charge in [0.05, 0.1) is 0 Å². The number of rotatable bonds is 8. The molecule has 1 aromatic rings. The third-order valence-electron chi connectivity index (χ3n) is 7.76. The molecule has 0 radical (unpaired) electrons. The lowest BCUT2D eigenvalue weighted by molar-refractivity contribution is 0.152. The van der Waals surface area contributed by atoms with E-state index >= 15 is 0 Å². The van der Waals surface area contributed by atoms with Crippen LogP contribution in [0.3, 0.4) is 0 Å². The molecular weight excluding hydrogens is 360 g/mol. The van der Waals surface area contributed by atoms with Crippen molar-refractivity contribution in [2.45, 2.75) is 104 Å². The lowest BCUT2D eigenvalue weighted by atomic mass is 9.69.